The van der Waals surface area contributed by atoms with Gasteiger partial charge >= 0.3 is 17.8 Å². The van der Waals surface area contributed by atoms with Gasteiger partial charge in [0.15, 0.2) is 0 Å². The van der Waals surface area contributed by atoms with Crippen LogP contribution in [0.4, 0.5) is 13.2 Å². The SMILES string of the molecule is O=C(O)c1cccc2c1[nH]c(=O)n2CCCC(F)(F)F. The molecule has 1 aromatic carbocycles. The van der Waals surface area contributed by atoms with Crippen molar-refractivity contribution in [1.29, 1.82) is 0 Å². The fourth-order valence-corrected chi connectivity index (χ4v) is 2.02. The molecule has 2 aromatic rings. The number of carboxylic acids is 1. The standard InChI is InChI=1S/C12H11F3N2O3/c13-12(14,15)5-2-6-17-8-4-1-3-7(10(18)19)9(8)16-11(17)20/h1,3-4H,2,5-6H2,(H,16,20)(H,18,19). The van der Waals surface area contributed by atoms with E-state index in [1.165, 1.54) is 18.2 Å². The van der Waals surface area contributed by atoms with E-state index in [1.54, 1.807) is 0 Å². The summed E-state index contributed by atoms with van der Waals surface area (Å²) in [5.41, 5.74) is -0.292. The van der Waals surface area contributed by atoms with E-state index in [1.807, 2.05) is 0 Å². The number of H-pyrrole nitrogens is 1. The Morgan fingerprint density at radius 3 is 2.65 bits per heavy atom. The number of aryl methyl sites for hydroxylation is 1. The van der Waals surface area contributed by atoms with Crippen LogP contribution in [0.3, 0.4) is 0 Å². The summed E-state index contributed by atoms with van der Waals surface area (Å²) >= 11 is 0. The summed E-state index contributed by atoms with van der Waals surface area (Å²) in [5.74, 6) is -1.21. The van der Waals surface area contributed by atoms with Crippen LogP contribution in [0.15, 0.2) is 23.0 Å². The first-order valence-corrected chi connectivity index (χ1v) is 5.81. The van der Waals surface area contributed by atoms with Crippen LogP contribution >= 0.6 is 0 Å². The van der Waals surface area contributed by atoms with Crippen molar-refractivity contribution in [3.8, 4) is 0 Å². The topological polar surface area (TPSA) is 75.1 Å². The molecule has 0 fully saturated rings. The van der Waals surface area contributed by atoms with Crippen molar-refractivity contribution in [3.63, 3.8) is 0 Å². The first kappa shape index (κ1) is 14.2. The van der Waals surface area contributed by atoms with Crippen LogP contribution in [-0.4, -0.2) is 26.8 Å². The Morgan fingerprint density at radius 2 is 2.05 bits per heavy atom. The van der Waals surface area contributed by atoms with Gasteiger partial charge in [0.25, 0.3) is 0 Å². The van der Waals surface area contributed by atoms with Gasteiger partial charge in [0.05, 0.1) is 16.6 Å². The Labute approximate surface area is 110 Å². The quantitative estimate of drug-likeness (QED) is 0.907. The van der Waals surface area contributed by atoms with Crippen LogP contribution in [0, 0.1) is 0 Å². The van der Waals surface area contributed by atoms with Gasteiger partial charge in [-0.05, 0) is 18.6 Å². The van der Waals surface area contributed by atoms with Crippen molar-refractivity contribution in [2.45, 2.75) is 25.6 Å². The summed E-state index contributed by atoms with van der Waals surface area (Å²) in [6, 6.07) is 4.26. The highest BCUT2D eigenvalue weighted by atomic mass is 19.4. The predicted octanol–water partition coefficient (Wildman–Crippen LogP) is 2.37. The lowest BCUT2D eigenvalue weighted by Gasteiger charge is -2.06. The van der Waals surface area contributed by atoms with E-state index in [-0.39, 0.29) is 29.6 Å². The molecule has 0 amide bonds. The Balaban J connectivity index is 2.35. The molecule has 0 atom stereocenters. The van der Waals surface area contributed by atoms with Crippen LogP contribution < -0.4 is 5.69 Å². The Hall–Kier alpha value is -2.25. The Kier molecular flexibility index (Phi) is 3.56. The fraction of sp³-hybridized carbons (Fsp3) is 0.333. The summed E-state index contributed by atoms with van der Waals surface area (Å²) in [6.07, 6.45) is -5.51. The highest BCUT2D eigenvalue weighted by Gasteiger charge is 2.26. The number of carboxylic acid groups (broad SMARTS) is 1. The molecule has 1 aromatic heterocycles. The maximum Gasteiger partial charge on any atom is 0.389 e. The zero-order valence-electron chi connectivity index (χ0n) is 10.2. The minimum absolute atomic E-state index is 0.0887. The number of fused-ring (bicyclic) bond motifs is 1. The van der Waals surface area contributed by atoms with Gasteiger partial charge in [-0.3, -0.25) is 4.57 Å². The molecular formula is C12H11F3N2O3. The summed E-state index contributed by atoms with van der Waals surface area (Å²) in [4.78, 5) is 25.1. The predicted molar refractivity (Wildman–Crippen MR) is 64.8 cm³/mol. The number of benzene rings is 1. The number of hydrogen-bond acceptors (Lipinski definition) is 2. The summed E-state index contributed by atoms with van der Waals surface area (Å²) in [7, 11) is 0. The molecule has 8 heteroatoms. The van der Waals surface area contributed by atoms with Gasteiger partial charge in [0.1, 0.15) is 0 Å². The zero-order chi connectivity index (χ0) is 14.9. The number of rotatable bonds is 4. The third-order valence-electron chi connectivity index (χ3n) is 2.88. The number of carbonyl (C=O) groups is 1. The van der Waals surface area contributed by atoms with Crippen molar-refractivity contribution in [1.82, 2.24) is 9.55 Å². The van der Waals surface area contributed by atoms with Crippen LogP contribution in [-0.2, 0) is 6.54 Å². The zero-order valence-corrected chi connectivity index (χ0v) is 10.2. The van der Waals surface area contributed by atoms with Crippen LogP contribution in [0.1, 0.15) is 23.2 Å². The molecule has 1 heterocycles. The van der Waals surface area contributed by atoms with Gasteiger partial charge in [0.2, 0.25) is 0 Å². The lowest BCUT2D eigenvalue weighted by Crippen LogP contribution is -2.18. The summed E-state index contributed by atoms with van der Waals surface area (Å²) < 4.78 is 37.4. The first-order chi connectivity index (χ1) is 9.29. The Morgan fingerprint density at radius 1 is 1.35 bits per heavy atom. The number of imidazole rings is 1. The molecule has 0 aliphatic heterocycles. The number of nitrogens with one attached hydrogen (secondary N) is 1. The number of nitrogens with zero attached hydrogens (tertiary/aromatic N) is 1. The molecule has 0 spiro atoms. The average Bonchev–Trinajstić information content (AvgIpc) is 2.64. The molecule has 20 heavy (non-hydrogen) atoms. The third-order valence-corrected chi connectivity index (χ3v) is 2.88. The summed E-state index contributed by atoms with van der Waals surface area (Å²) in [6.45, 7) is -0.124. The second kappa shape index (κ2) is 5.03. The highest BCUT2D eigenvalue weighted by molar-refractivity contribution is 6.00. The molecule has 0 unspecified atom stereocenters. The van der Waals surface area contributed by atoms with E-state index in [2.05, 4.69) is 4.98 Å². The molecule has 2 N–H and O–H groups in total. The smallest absolute Gasteiger partial charge is 0.389 e. The van der Waals surface area contributed by atoms with E-state index in [0.29, 0.717) is 0 Å². The van der Waals surface area contributed by atoms with Gasteiger partial charge in [-0.2, -0.15) is 13.2 Å². The number of alkyl halides is 3. The number of aromatic nitrogens is 2. The van der Waals surface area contributed by atoms with E-state index < -0.39 is 24.3 Å². The maximum absolute atomic E-state index is 12.1. The Bertz CT molecular complexity index is 700. The monoisotopic (exact) mass is 288 g/mol. The van der Waals surface area contributed by atoms with Gasteiger partial charge in [0, 0.05) is 13.0 Å². The second-order valence-electron chi connectivity index (χ2n) is 4.31. The number of aromatic amines is 1. The van der Waals surface area contributed by atoms with Gasteiger partial charge < -0.3 is 10.1 Å². The normalized spacial score (nSPS) is 11.9. The second-order valence-corrected chi connectivity index (χ2v) is 4.31. The maximum atomic E-state index is 12.1. The molecule has 0 aliphatic rings. The molecule has 108 valence electrons. The van der Waals surface area contributed by atoms with Gasteiger partial charge in [-0.15, -0.1) is 0 Å². The highest BCUT2D eigenvalue weighted by Crippen LogP contribution is 2.22. The van der Waals surface area contributed by atoms with Gasteiger partial charge in [-0.1, -0.05) is 6.07 Å². The van der Waals surface area contributed by atoms with E-state index in [0.717, 1.165) is 4.57 Å². The molecule has 2 rings (SSSR count). The van der Waals surface area contributed by atoms with Crippen molar-refractivity contribution in [3.05, 3.63) is 34.2 Å². The molecule has 0 saturated carbocycles. The number of para-hydroxylation sites is 1. The largest absolute Gasteiger partial charge is 0.478 e. The van der Waals surface area contributed by atoms with E-state index in [4.69, 9.17) is 5.11 Å². The minimum atomic E-state index is -4.28. The van der Waals surface area contributed by atoms with Crippen molar-refractivity contribution >= 4 is 17.0 Å². The first-order valence-electron chi connectivity index (χ1n) is 5.81. The van der Waals surface area contributed by atoms with Crippen LogP contribution in [0.25, 0.3) is 11.0 Å². The third kappa shape index (κ3) is 2.84. The van der Waals surface area contributed by atoms with Crippen LogP contribution in [0.5, 0.6) is 0 Å². The average molecular weight is 288 g/mol. The van der Waals surface area contributed by atoms with Crippen molar-refractivity contribution in [2.24, 2.45) is 0 Å². The summed E-state index contributed by atoms with van der Waals surface area (Å²) in [5, 5.41) is 8.99. The number of aromatic carboxylic acids is 1. The molecule has 0 radical (unpaired) electrons. The molecule has 0 saturated heterocycles. The molecular weight excluding hydrogens is 277 g/mol. The van der Waals surface area contributed by atoms with Crippen LogP contribution in [0.2, 0.25) is 0 Å². The fourth-order valence-electron chi connectivity index (χ4n) is 2.02. The van der Waals surface area contributed by atoms with Crippen molar-refractivity contribution in [2.75, 3.05) is 0 Å². The van der Waals surface area contributed by atoms with E-state index >= 15 is 0 Å². The molecule has 5 nitrogen and oxygen atoms in total. The van der Waals surface area contributed by atoms with Crippen molar-refractivity contribution < 1.29 is 23.1 Å². The molecule has 0 bridgehead atoms. The minimum Gasteiger partial charge on any atom is -0.478 e. The molecule has 0 aliphatic carbocycles. The number of hydrogen-bond donors (Lipinski definition) is 2. The number of halogens is 3. The van der Waals surface area contributed by atoms with E-state index in [9.17, 15) is 22.8 Å². The van der Waals surface area contributed by atoms with Gasteiger partial charge in [-0.25, -0.2) is 9.59 Å². The lowest BCUT2D eigenvalue weighted by molar-refractivity contribution is -0.135. The lowest BCUT2D eigenvalue weighted by atomic mass is 10.2.